The Bertz CT molecular complexity index is 1170. The monoisotopic (exact) mass is 444 g/mol. The van der Waals surface area contributed by atoms with Gasteiger partial charge in [0.1, 0.15) is 18.0 Å². The Balaban J connectivity index is 1.19. The quantitative estimate of drug-likeness (QED) is 0.619. The normalized spacial score (nSPS) is 25.6. The number of pyridine rings is 1. The van der Waals surface area contributed by atoms with Gasteiger partial charge in [0, 0.05) is 37.0 Å². The third kappa shape index (κ3) is 3.32. The van der Waals surface area contributed by atoms with Gasteiger partial charge in [-0.25, -0.2) is 9.18 Å². The second kappa shape index (κ2) is 7.66. The topological polar surface area (TPSA) is 62.7 Å². The summed E-state index contributed by atoms with van der Waals surface area (Å²) in [5.74, 6) is -0.406. The molecule has 3 heterocycles. The summed E-state index contributed by atoms with van der Waals surface area (Å²) in [7, 11) is 0. The summed E-state index contributed by atoms with van der Waals surface area (Å²) in [6.45, 7) is 0.276. The number of hydrogen-bond donors (Lipinski definition) is 1. The summed E-state index contributed by atoms with van der Waals surface area (Å²) in [6.07, 6.45) is 3.31. The van der Waals surface area contributed by atoms with Crippen molar-refractivity contribution in [2.45, 2.75) is 49.3 Å². The third-order valence-electron chi connectivity index (χ3n) is 7.51. The Labute approximate surface area is 191 Å². The van der Waals surface area contributed by atoms with Crippen molar-refractivity contribution < 1.29 is 19.0 Å². The standard InChI is InChI=1S/C27H25FN2O3/c28-17-11-12-29-25(13-17)27(32)14-18-9-10-19(15-27)30(18)26(31)33-16-24-22-7-3-1-5-20(22)21-6-2-4-8-23(21)24/h1-8,11-13,18-19,24,32H,9-10,14-16H2. The number of carbonyl (C=O) groups excluding carboxylic acids is 1. The zero-order valence-corrected chi connectivity index (χ0v) is 18.2. The molecule has 2 saturated heterocycles. The molecule has 2 unspecified atom stereocenters. The lowest BCUT2D eigenvalue weighted by Gasteiger charge is -2.42. The maximum atomic E-state index is 13.7. The van der Waals surface area contributed by atoms with Crippen LogP contribution in [0.5, 0.6) is 0 Å². The average molecular weight is 445 g/mol. The fourth-order valence-corrected chi connectivity index (χ4v) is 6.06. The SMILES string of the molecule is O=C(OCC1c2ccccc2-c2ccccc21)N1C2CCC1CC(O)(c1cc(F)ccn1)C2. The summed E-state index contributed by atoms with van der Waals surface area (Å²) in [6, 6.07) is 18.8. The molecular weight excluding hydrogens is 419 g/mol. The van der Waals surface area contributed by atoms with Gasteiger partial charge in [-0.15, -0.1) is 0 Å². The van der Waals surface area contributed by atoms with Crippen LogP contribution in [0.25, 0.3) is 11.1 Å². The van der Waals surface area contributed by atoms with E-state index >= 15 is 0 Å². The van der Waals surface area contributed by atoms with E-state index in [0.717, 1.165) is 12.8 Å². The zero-order chi connectivity index (χ0) is 22.6. The summed E-state index contributed by atoms with van der Waals surface area (Å²) >= 11 is 0. The van der Waals surface area contributed by atoms with Crippen LogP contribution in [0.2, 0.25) is 0 Å². The minimum Gasteiger partial charge on any atom is -0.448 e. The molecule has 0 radical (unpaired) electrons. The maximum absolute atomic E-state index is 13.7. The molecule has 1 aliphatic carbocycles. The Morgan fingerprint density at radius 1 is 1.03 bits per heavy atom. The van der Waals surface area contributed by atoms with Crippen LogP contribution in [0.1, 0.15) is 48.4 Å². The van der Waals surface area contributed by atoms with E-state index in [0.29, 0.717) is 18.5 Å². The lowest BCUT2D eigenvalue weighted by atomic mass is 9.83. The molecule has 2 bridgehead atoms. The van der Waals surface area contributed by atoms with Crippen molar-refractivity contribution in [3.63, 3.8) is 0 Å². The fourth-order valence-electron chi connectivity index (χ4n) is 6.06. The van der Waals surface area contributed by atoms with Crippen LogP contribution in [-0.4, -0.2) is 39.8 Å². The van der Waals surface area contributed by atoms with Gasteiger partial charge in [-0.2, -0.15) is 0 Å². The first kappa shape index (κ1) is 20.4. The Hall–Kier alpha value is -3.25. The second-order valence-corrected chi connectivity index (χ2v) is 9.40. The molecule has 168 valence electrons. The molecule has 0 saturated carbocycles. The molecule has 2 aliphatic heterocycles. The van der Waals surface area contributed by atoms with Crippen LogP contribution in [-0.2, 0) is 10.3 Å². The van der Waals surface area contributed by atoms with Crippen LogP contribution < -0.4 is 0 Å². The third-order valence-corrected chi connectivity index (χ3v) is 7.51. The van der Waals surface area contributed by atoms with Crippen LogP contribution in [0.3, 0.4) is 0 Å². The molecule has 1 N–H and O–H groups in total. The molecule has 5 nitrogen and oxygen atoms in total. The lowest BCUT2D eigenvalue weighted by Crippen LogP contribution is -2.52. The first-order valence-corrected chi connectivity index (χ1v) is 11.5. The van der Waals surface area contributed by atoms with Gasteiger partial charge in [0.2, 0.25) is 0 Å². The largest absolute Gasteiger partial charge is 0.448 e. The van der Waals surface area contributed by atoms with Gasteiger partial charge in [-0.05, 0) is 47.2 Å². The van der Waals surface area contributed by atoms with Gasteiger partial charge in [0.25, 0.3) is 0 Å². The van der Waals surface area contributed by atoms with E-state index in [1.165, 1.54) is 40.6 Å². The molecule has 1 aromatic heterocycles. The van der Waals surface area contributed by atoms with E-state index < -0.39 is 11.4 Å². The number of ether oxygens (including phenoxy) is 1. The molecule has 6 heteroatoms. The number of aliphatic hydroxyl groups is 1. The number of hydrogen-bond acceptors (Lipinski definition) is 4. The smallest absolute Gasteiger partial charge is 0.410 e. The Kier molecular flexibility index (Phi) is 4.73. The molecule has 3 aliphatic rings. The van der Waals surface area contributed by atoms with Gasteiger partial charge >= 0.3 is 6.09 Å². The lowest BCUT2D eigenvalue weighted by molar-refractivity contribution is -0.0560. The van der Waals surface area contributed by atoms with Crippen molar-refractivity contribution in [2.24, 2.45) is 0 Å². The van der Waals surface area contributed by atoms with Crippen molar-refractivity contribution in [1.29, 1.82) is 0 Å². The molecule has 1 amide bonds. The predicted octanol–water partition coefficient (Wildman–Crippen LogP) is 4.98. The first-order valence-electron chi connectivity index (χ1n) is 11.5. The minimum atomic E-state index is -1.23. The Morgan fingerprint density at radius 2 is 1.64 bits per heavy atom. The summed E-state index contributed by atoms with van der Waals surface area (Å²) in [5.41, 5.74) is 3.86. The highest BCUT2D eigenvalue weighted by Crippen LogP contribution is 2.47. The van der Waals surface area contributed by atoms with E-state index in [1.807, 2.05) is 24.3 Å². The average Bonchev–Trinajstić information content (AvgIpc) is 3.30. The van der Waals surface area contributed by atoms with Gasteiger partial charge in [0.05, 0.1) is 5.69 Å². The van der Waals surface area contributed by atoms with Crippen LogP contribution >= 0.6 is 0 Å². The predicted molar refractivity (Wildman–Crippen MR) is 121 cm³/mol. The van der Waals surface area contributed by atoms with E-state index in [9.17, 15) is 14.3 Å². The molecule has 0 spiro atoms. The summed E-state index contributed by atoms with van der Waals surface area (Å²) in [4.78, 5) is 19.2. The van der Waals surface area contributed by atoms with Crippen molar-refractivity contribution >= 4 is 6.09 Å². The molecule has 3 aromatic rings. The molecule has 2 fully saturated rings. The minimum absolute atomic E-state index is 0.0113. The fraction of sp³-hybridized carbons (Fsp3) is 0.333. The highest BCUT2D eigenvalue weighted by atomic mass is 19.1. The number of halogens is 1. The molecular formula is C27H25FN2O3. The van der Waals surface area contributed by atoms with Gasteiger partial charge in [-0.3, -0.25) is 4.98 Å². The van der Waals surface area contributed by atoms with E-state index in [4.69, 9.17) is 4.74 Å². The van der Waals surface area contributed by atoms with Crippen molar-refractivity contribution in [3.05, 3.63) is 89.5 Å². The van der Waals surface area contributed by atoms with E-state index in [2.05, 4.69) is 29.2 Å². The van der Waals surface area contributed by atoms with Gasteiger partial charge in [-0.1, -0.05) is 48.5 Å². The number of carbonyl (C=O) groups is 1. The molecule has 6 rings (SSSR count). The van der Waals surface area contributed by atoms with E-state index in [-0.39, 0.29) is 30.7 Å². The summed E-state index contributed by atoms with van der Waals surface area (Å²) in [5, 5.41) is 11.3. The number of piperidine rings is 1. The van der Waals surface area contributed by atoms with Crippen molar-refractivity contribution in [3.8, 4) is 11.1 Å². The number of nitrogens with zero attached hydrogens (tertiary/aromatic N) is 2. The number of rotatable bonds is 3. The second-order valence-electron chi connectivity index (χ2n) is 9.40. The highest BCUT2D eigenvalue weighted by molar-refractivity contribution is 5.79. The van der Waals surface area contributed by atoms with Gasteiger partial charge < -0.3 is 14.7 Å². The number of amides is 1. The number of fused-ring (bicyclic) bond motifs is 5. The molecule has 2 aromatic carbocycles. The maximum Gasteiger partial charge on any atom is 0.410 e. The highest BCUT2D eigenvalue weighted by Gasteiger charge is 2.51. The molecule has 33 heavy (non-hydrogen) atoms. The van der Waals surface area contributed by atoms with Gasteiger partial charge in [0.15, 0.2) is 0 Å². The van der Waals surface area contributed by atoms with Crippen LogP contribution in [0.15, 0.2) is 66.9 Å². The Morgan fingerprint density at radius 3 is 2.24 bits per heavy atom. The molecule has 2 atom stereocenters. The van der Waals surface area contributed by atoms with Crippen LogP contribution in [0.4, 0.5) is 9.18 Å². The van der Waals surface area contributed by atoms with E-state index in [1.54, 1.807) is 4.90 Å². The van der Waals surface area contributed by atoms with Crippen molar-refractivity contribution in [2.75, 3.05) is 6.61 Å². The zero-order valence-electron chi connectivity index (χ0n) is 18.2. The first-order chi connectivity index (χ1) is 16.0. The van der Waals surface area contributed by atoms with Crippen LogP contribution in [0, 0.1) is 5.82 Å². The number of benzene rings is 2. The van der Waals surface area contributed by atoms with Crippen molar-refractivity contribution in [1.82, 2.24) is 9.88 Å². The summed E-state index contributed by atoms with van der Waals surface area (Å²) < 4.78 is 19.6. The number of aromatic nitrogens is 1.